The van der Waals surface area contributed by atoms with E-state index in [1.54, 1.807) is 0 Å². The van der Waals surface area contributed by atoms with Gasteiger partial charge in [-0.2, -0.15) is 9.97 Å². The van der Waals surface area contributed by atoms with E-state index < -0.39 is 0 Å². The molecule has 8 heteroatoms. The Morgan fingerprint density at radius 1 is 1.14 bits per heavy atom. The van der Waals surface area contributed by atoms with Crippen LogP contribution in [0.2, 0.25) is 5.02 Å². The second-order valence-corrected chi connectivity index (χ2v) is 7.99. The van der Waals surface area contributed by atoms with E-state index in [2.05, 4.69) is 15.2 Å². The van der Waals surface area contributed by atoms with E-state index in [4.69, 9.17) is 27.1 Å². The van der Waals surface area contributed by atoms with E-state index in [0.717, 1.165) is 48.3 Å². The first kappa shape index (κ1) is 18.4. The lowest BCUT2D eigenvalue weighted by molar-refractivity contribution is -0.116. The van der Waals surface area contributed by atoms with Gasteiger partial charge in [0.05, 0.1) is 13.2 Å². The van der Waals surface area contributed by atoms with Gasteiger partial charge in [0.1, 0.15) is 11.6 Å². The van der Waals surface area contributed by atoms with Gasteiger partial charge in [0, 0.05) is 47.3 Å². The fourth-order valence-corrected chi connectivity index (χ4v) is 4.49. The van der Waals surface area contributed by atoms with E-state index >= 15 is 0 Å². The van der Waals surface area contributed by atoms with Crippen LogP contribution >= 0.6 is 11.6 Å². The van der Waals surface area contributed by atoms with Crippen LogP contribution < -0.4 is 16.0 Å². The summed E-state index contributed by atoms with van der Waals surface area (Å²) in [4.78, 5) is 24.4. The minimum atomic E-state index is -0.287. The Morgan fingerprint density at radius 3 is 2.66 bits per heavy atom. The number of halogens is 1. The molecule has 0 amide bonds. The van der Waals surface area contributed by atoms with E-state index in [1.807, 2.05) is 24.3 Å². The Balaban J connectivity index is 1.65. The van der Waals surface area contributed by atoms with Crippen LogP contribution in [0.25, 0.3) is 0 Å². The first-order valence-corrected chi connectivity index (χ1v) is 10.3. The fourth-order valence-electron chi connectivity index (χ4n) is 4.36. The maximum atomic E-state index is 12.9. The molecule has 1 saturated heterocycles. The number of nitrogen functional groups attached to an aromatic ring is 1. The highest BCUT2D eigenvalue weighted by Gasteiger charge is 2.38. The summed E-state index contributed by atoms with van der Waals surface area (Å²) in [6.45, 7) is 2.74. The monoisotopic (exact) mass is 411 g/mol. The molecule has 1 aliphatic carbocycles. The summed E-state index contributed by atoms with van der Waals surface area (Å²) in [5.74, 6) is 1.55. The van der Waals surface area contributed by atoms with Gasteiger partial charge in [-0.25, -0.2) is 0 Å². The Hall–Kier alpha value is -2.64. The molecule has 1 fully saturated rings. The lowest BCUT2D eigenvalue weighted by Gasteiger charge is -2.35. The summed E-state index contributed by atoms with van der Waals surface area (Å²) in [6.07, 6.45) is 2.21. The number of rotatable bonds is 2. The lowest BCUT2D eigenvalue weighted by Crippen LogP contribution is -2.38. The third-order valence-electron chi connectivity index (χ3n) is 5.76. The molecule has 2 aromatic rings. The average molecular weight is 412 g/mol. The van der Waals surface area contributed by atoms with Gasteiger partial charge in [-0.3, -0.25) is 4.79 Å². The van der Waals surface area contributed by atoms with Crippen molar-refractivity contribution in [1.82, 2.24) is 9.97 Å². The van der Waals surface area contributed by atoms with Gasteiger partial charge in [0.15, 0.2) is 5.78 Å². The van der Waals surface area contributed by atoms with E-state index in [-0.39, 0.29) is 11.7 Å². The van der Waals surface area contributed by atoms with Gasteiger partial charge < -0.3 is 20.7 Å². The molecular weight excluding hydrogens is 390 g/mol. The predicted molar refractivity (Wildman–Crippen MR) is 112 cm³/mol. The first-order chi connectivity index (χ1) is 14.1. The normalized spacial score (nSPS) is 21.5. The third kappa shape index (κ3) is 3.24. The maximum absolute atomic E-state index is 12.9. The van der Waals surface area contributed by atoms with Crippen molar-refractivity contribution in [2.24, 2.45) is 0 Å². The van der Waals surface area contributed by atoms with Crippen LogP contribution in [0.1, 0.15) is 36.3 Å². The molecule has 1 aromatic carbocycles. The second kappa shape index (κ2) is 7.31. The molecule has 3 aliphatic rings. The second-order valence-electron chi connectivity index (χ2n) is 7.55. The van der Waals surface area contributed by atoms with Crippen molar-refractivity contribution in [2.45, 2.75) is 25.2 Å². The molecule has 1 unspecified atom stereocenters. The SMILES string of the molecule is Nc1nc(N2CCOCC2)nc2c1C(c1ccc(Cl)cc1)C1=C(CCCC1=O)N2. The number of benzene rings is 1. The number of aromatic nitrogens is 2. The minimum Gasteiger partial charge on any atom is -0.383 e. The number of Topliss-reactive ketones (excluding diaryl/α,β-unsaturated/α-hetero) is 1. The number of anilines is 3. The summed E-state index contributed by atoms with van der Waals surface area (Å²) >= 11 is 6.10. The number of allylic oxidation sites excluding steroid dienone is 2. The van der Waals surface area contributed by atoms with Crippen LogP contribution in [-0.2, 0) is 9.53 Å². The zero-order valence-electron chi connectivity index (χ0n) is 15.9. The van der Waals surface area contributed by atoms with Crippen LogP contribution in [0, 0.1) is 0 Å². The number of fused-ring (bicyclic) bond motifs is 1. The Morgan fingerprint density at radius 2 is 1.90 bits per heavy atom. The summed E-state index contributed by atoms with van der Waals surface area (Å²) in [5, 5.41) is 4.06. The van der Waals surface area contributed by atoms with Crippen molar-refractivity contribution >= 4 is 35.0 Å². The van der Waals surface area contributed by atoms with E-state index in [9.17, 15) is 4.79 Å². The number of morpholine rings is 1. The summed E-state index contributed by atoms with van der Waals surface area (Å²) in [7, 11) is 0. The van der Waals surface area contributed by atoms with Crippen molar-refractivity contribution < 1.29 is 9.53 Å². The predicted octanol–water partition coefficient (Wildman–Crippen LogP) is 3.11. The van der Waals surface area contributed by atoms with Gasteiger partial charge in [0.2, 0.25) is 5.95 Å². The van der Waals surface area contributed by atoms with Gasteiger partial charge in [-0.05, 0) is 30.5 Å². The molecule has 29 heavy (non-hydrogen) atoms. The molecular formula is C21H22ClN5O2. The zero-order chi connectivity index (χ0) is 20.0. The molecule has 0 radical (unpaired) electrons. The number of hydrogen-bond acceptors (Lipinski definition) is 7. The highest BCUT2D eigenvalue weighted by atomic mass is 35.5. The zero-order valence-corrected chi connectivity index (χ0v) is 16.7. The standard InChI is InChI=1S/C21H22ClN5O2/c22-13-6-4-12(5-7-13)16-17-14(2-1-3-15(17)28)24-20-18(16)19(23)25-21(26-20)27-8-10-29-11-9-27/h4-7,16H,1-3,8-11H2,(H3,23,24,25,26). The fraction of sp³-hybridized carbons (Fsp3) is 0.381. The Kier molecular flexibility index (Phi) is 4.64. The smallest absolute Gasteiger partial charge is 0.229 e. The highest BCUT2D eigenvalue weighted by molar-refractivity contribution is 6.30. The minimum absolute atomic E-state index is 0.154. The molecule has 1 atom stereocenters. The van der Waals surface area contributed by atoms with Crippen molar-refractivity contribution in [3.8, 4) is 0 Å². The van der Waals surface area contributed by atoms with Crippen LogP contribution in [0.3, 0.4) is 0 Å². The number of carbonyl (C=O) groups is 1. The molecule has 3 N–H and O–H groups in total. The first-order valence-electron chi connectivity index (χ1n) is 9.90. The molecule has 0 bridgehead atoms. The summed E-state index contributed by atoms with van der Waals surface area (Å²) in [5.41, 5.74) is 9.92. The summed E-state index contributed by atoms with van der Waals surface area (Å²) in [6, 6.07) is 7.57. The van der Waals surface area contributed by atoms with Crippen LogP contribution in [-0.4, -0.2) is 42.1 Å². The Bertz CT molecular complexity index is 999. The number of carbonyl (C=O) groups excluding carboxylic acids is 1. The molecule has 2 aliphatic heterocycles. The number of ketones is 1. The number of nitrogens with one attached hydrogen (secondary N) is 1. The Labute approximate surface area is 173 Å². The van der Waals surface area contributed by atoms with Gasteiger partial charge in [0.25, 0.3) is 0 Å². The van der Waals surface area contributed by atoms with Crippen LogP contribution in [0.15, 0.2) is 35.5 Å². The number of nitrogens with zero attached hydrogens (tertiary/aromatic N) is 3. The van der Waals surface area contributed by atoms with Crippen molar-refractivity contribution in [3.05, 3.63) is 51.7 Å². The van der Waals surface area contributed by atoms with Crippen molar-refractivity contribution in [2.75, 3.05) is 42.3 Å². The number of nitrogens with two attached hydrogens (primary N) is 1. The quantitative estimate of drug-likeness (QED) is 0.784. The number of hydrogen-bond donors (Lipinski definition) is 2. The van der Waals surface area contributed by atoms with Gasteiger partial charge in [-0.15, -0.1) is 0 Å². The lowest BCUT2D eigenvalue weighted by atomic mass is 9.76. The van der Waals surface area contributed by atoms with Gasteiger partial charge in [-0.1, -0.05) is 23.7 Å². The molecule has 5 rings (SSSR count). The molecule has 3 heterocycles. The maximum Gasteiger partial charge on any atom is 0.229 e. The third-order valence-corrected chi connectivity index (χ3v) is 6.02. The molecule has 7 nitrogen and oxygen atoms in total. The van der Waals surface area contributed by atoms with E-state index in [1.165, 1.54) is 0 Å². The molecule has 0 saturated carbocycles. The molecule has 150 valence electrons. The topological polar surface area (TPSA) is 93.4 Å². The summed E-state index contributed by atoms with van der Waals surface area (Å²) < 4.78 is 5.43. The molecule has 0 spiro atoms. The number of ether oxygens (including phenoxy) is 1. The van der Waals surface area contributed by atoms with Crippen LogP contribution in [0.4, 0.5) is 17.6 Å². The highest BCUT2D eigenvalue weighted by Crippen LogP contribution is 2.47. The molecule has 1 aromatic heterocycles. The van der Waals surface area contributed by atoms with Crippen molar-refractivity contribution in [3.63, 3.8) is 0 Å². The van der Waals surface area contributed by atoms with Crippen LogP contribution in [0.5, 0.6) is 0 Å². The van der Waals surface area contributed by atoms with Crippen molar-refractivity contribution in [1.29, 1.82) is 0 Å². The largest absolute Gasteiger partial charge is 0.383 e. The van der Waals surface area contributed by atoms with Gasteiger partial charge >= 0.3 is 0 Å². The average Bonchev–Trinajstić information content (AvgIpc) is 2.74. The van der Waals surface area contributed by atoms with E-state index in [0.29, 0.717) is 42.2 Å².